The number of fused-ring (bicyclic) bond motifs is 1. The number of carbonyl (C=O) groups is 2. The molecule has 1 atom stereocenters. The van der Waals surface area contributed by atoms with Gasteiger partial charge < -0.3 is 5.32 Å². The van der Waals surface area contributed by atoms with E-state index in [0.29, 0.717) is 15.8 Å². The summed E-state index contributed by atoms with van der Waals surface area (Å²) in [6, 6.07) is 6.53. The molecular weight excluding hydrogens is 322 g/mol. The molecule has 114 valence electrons. The predicted molar refractivity (Wildman–Crippen MR) is 90.1 cm³/mol. The van der Waals surface area contributed by atoms with E-state index >= 15 is 0 Å². The highest BCUT2D eigenvalue weighted by Gasteiger charge is 2.32. The summed E-state index contributed by atoms with van der Waals surface area (Å²) < 4.78 is 0. The van der Waals surface area contributed by atoms with Gasteiger partial charge in [0.1, 0.15) is 0 Å². The number of nitrogens with zero attached hydrogens (tertiary/aromatic N) is 2. The molecule has 1 aromatic carbocycles. The Morgan fingerprint density at radius 1 is 1.41 bits per heavy atom. The van der Waals surface area contributed by atoms with E-state index in [4.69, 9.17) is 11.6 Å². The highest BCUT2D eigenvalue weighted by Crippen LogP contribution is 2.31. The molecule has 0 radical (unpaired) electrons. The molecule has 1 saturated carbocycles. The summed E-state index contributed by atoms with van der Waals surface area (Å²) >= 11 is 7.19. The first-order valence-corrected chi connectivity index (χ1v) is 8.36. The summed E-state index contributed by atoms with van der Waals surface area (Å²) in [4.78, 5) is 31.4. The largest absolute Gasteiger partial charge is 0.367 e. The van der Waals surface area contributed by atoms with Crippen LogP contribution in [0.15, 0.2) is 34.3 Å². The molecule has 1 heterocycles. The lowest BCUT2D eigenvalue weighted by molar-refractivity contribution is -0.113. The SMILES string of the molecule is O=C1N=C2CCCC2C(SCC(=O)Nc2cccc(Cl)c2)=N1. The van der Waals surface area contributed by atoms with Gasteiger partial charge in [-0.3, -0.25) is 4.79 Å². The van der Waals surface area contributed by atoms with Gasteiger partial charge in [-0.05, 0) is 37.5 Å². The quantitative estimate of drug-likeness (QED) is 0.913. The Labute approximate surface area is 137 Å². The number of halogens is 1. The molecule has 0 saturated heterocycles. The molecule has 5 nitrogen and oxygen atoms in total. The Hall–Kier alpha value is -1.66. The topological polar surface area (TPSA) is 70.9 Å². The molecule has 0 bridgehead atoms. The summed E-state index contributed by atoms with van der Waals surface area (Å²) in [6.45, 7) is 0. The number of rotatable bonds is 3. The molecule has 2 aliphatic rings. The Balaban J connectivity index is 1.58. The van der Waals surface area contributed by atoms with Crippen molar-refractivity contribution in [2.45, 2.75) is 19.3 Å². The van der Waals surface area contributed by atoms with Crippen molar-refractivity contribution in [3.05, 3.63) is 29.3 Å². The third-order valence-electron chi connectivity index (χ3n) is 3.53. The average molecular weight is 336 g/mol. The molecule has 3 amide bonds. The second kappa shape index (κ2) is 6.62. The van der Waals surface area contributed by atoms with E-state index in [1.807, 2.05) is 0 Å². The second-order valence-electron chi connectivity index (χ2n) is 5.13. The van der Waals surface area contributed by atoms with Crippen molar-refractivity contribution in [3.63, 3.8) is 0 Å². The van der Waals surface area contributed by atoms with Gasteiger partial charge in [0, 0.05) is 22.3 Å². The smallest absolute Gasteiger partial charge is 0.325 e. The van der Waals surface area contributed by atoms with Crippen molar-refractivity contribution in [1.29, 1.82) is 0 Å². The third kappa shape index (κ3) is 3.56. The van der Waals surface area contributed by atoms with Gasteiger partial charge >= 0.3 is 6.03 Å². The van der Waals surface area contributed by atoms with E-state index < -0.39 is 6.03 Å². The monoisotopic (exact) mass is 335 g/mol. The molecular formula is C15H14ClN3O2S. The summed E-state index contributed by atoms with van der Waals surface area (Å²) in [5.41, 5.74) is 1.57. The van der Waals surface area contributed by atoms with Gasteiger partial charge in [-0.2, -0.15) is 4.99 Å². The fourth-order valence-electron chi connectivity index (χ4n) is 2.58. The highest BCUT2D eigenvalue weighted by molar-refractivity contribution is 8.14. The Morgan fingerprint density at radius 3 is 3.09 bits per heavy atom. The molecule has 1 aliphatic heterocycles. The number of hydrogen-bond donors (Lipinski definition) is 1. The van der Waals surface area contributed by atoms with Gasteiger partial charge in [0.15, 0.2) is 0 Å². The van der Waals surface area contributed by atoms with E-state index in [-0.39, 0.29) is 17.6 Å². The molecule has 1 unspecified atom stereocenters. The normalized spacial score (nSPS) is 20.2. The summed E-state index contributed by atoms with van der Waals surface area (Å²) in [6.07, 6.45) is 2.82. The van der Waals surface area contributed by atoms with Crippen molar-refractivity contribution >= 4 is 51.7 Å². The number of amides is 3. The maximum atomic E-state index is 12.0. The Kier molecular flexibility index (Phi) is 4.59. The lowest BCUT2D eigenvalue weighted by Gasteiger charge is -2.16. The first-order chi connectivity index (χ1) is 10.6. The maximum Gasteiger partial charge on any atom is 0.367 e. The van der Waals surface area contributed by atoms with Crippen LogP contribution in [0.1, 0.15) is 19.3 Å². The highest BCUT2D eigenvalue weighted by atomic mass is 35.5. The lowest BCUT2D eigenvalue weighted by Crippen LogP contribution is -2.24. The van der Waals surface area contributed by atoms with Crippen molar-refractivity contribution < 1.29 is 9.59 Å². The first kappa shape index (κ1) is 15.2. The van der Waals surface area contributed by atoms with Crippen LogP contribution in [-0.2, 0) is 4.79 Å². The van der Waals surface area contributed by atoms with Gasteiger partial charge in [-0.1, -0.05) is 29.4 Å². The third-order valence-corrected chi connectivity index (χ3v) is 4.84. The van der Waals surface area contributed by atoms with E-state index in [2.05, 4.69) is 15.3 Å². The van der Waals surface area contributed by atoms with Crippen LogP contribution >= 0.6 is 23.4 Å². The molecule has 22 heavy (non-hydrogen) atoms. The minimum atomic E-state index is -0.453. The molecule has 1 N–H and O–H groups in total. The molecule has 0 aromatic heterocycles. The van der Waals surface area contributed by atoms with Crippen LogP contribution in [-0.4, -0.2) is 28.4 Å². The number of urea groups is 1. The fraction of sp³-hybridized carbons (Fsp3) is 0.333. The van der Waals surface area contributed by atoms with E-state index in [1.54, 1.807) is 24.3 Å². The lowest BCUT2D eigenvalue weighted by atomic mass is 10.1. The van der Waals surface area contributed by atoms with Crippen molar-refractivity contribution in [3.8, 4) is 0 Å². The van der Waals surface area contributed by atoms with E-state index in [0.717, 1.165) is 25.0 Å². The average Bonchev–Trinajstić information content (AvgIpc) is 2.93. The van der Waals surface area contributed by atoms with Crippen LogP contribution in [0, 0.1) is 5.92 Å². The van der Waals surface area contributed by atoms with Crippen LogP contribution in [0.25, 0.3) is 0 Å². The Morgan fingerprint density at radius 2 is 2.27 bits per heavy atom. The molecule has 0 spiro atoms. The summed E-state index contributed by atoms with van der Waals surface area (Å²) in [7, 11) is 0. The number of nitrogens with one attached hydrogen (secondary N) is 1. The zero-order chi connectivity index (χ0) is 15.5. The van der Waals surface area contributed by atoms with E-state index in [9.17, 15) is 9.59 Å². The number of thioether (sulfide) groups is 1. The van der Waals surface area contributed by atoms with Crippen LogP contribution < -0.4 is 5.32 Å². The van der Waals surface area contributed by atoms with Gasteiger partial charge in [-0.25, -0.2) is 9.79 Å². The number of anilines is 1. The first-order valence-electron chi connectivity index (χ1n) is 7.00. The van der Waals surface area contributed by atoms with Crippen LogP contribution in [0.2, 0.25) is 5.02 Å². The standard InChI is InChI=1S/C15H14ClN3O2S/c16-9-3-1-4-10(7-9)17-13(20)8-22-14-11-5-2-6-12(11)18-15(21)19-14/h1,3-4,7,11H,2,5-6,8H2,(H,17,20). The number of aliphatic imine (C=N–C) groups is 2. The molecule has 7 heteroatoms. The summed E-state index contributed by atoms with van der Waals surface area (Å²) in [5.74, 6) is 0.189. The van der Waals surface area contributed by atoms with E-state index in [1.165, 1.54) is 11.8 Å². The van der Waals surface area contributed by atoms with Gasteiger partial charge in [0.25, 0.3) is 0 Å². The van der Waals surface area contributed by atoms with Crippen molar-refractivity contribution in [2.24, 2.45) is 15.9 Å². The van der Waals surface area contributed by atoms with Crippen molar-refractivity contribution in [1.82, 2.24) is 0 Å². The minimum Gasteiger partial charge on any atom is -0.325 e. The Bertz CT molecular complexity index is 687. The second-order valence-corrected chi connectivity index (χ2v) is 6.56. The zero-order valence-electron chi connectivity index (χ0n) is 11.7. The fourth-order valence-corrected chi connectivity index (χ4v) is 3.72. The van der Waals surface area contributed by atoms with Gasteiger partial charge in [0.2, 0.25) is 5.91 Å². The van der Waals surface area contributed by atoms with Gasteiger partial charge in [-0.15, -0.1) is 0 Å². The molecule has 1 aliphatic carbocycles. The number of hydrogen-bond acceptors (Lipinski definition) is 3. The van der Waals surface area contributed by atoms with Crippen LogP contribution in [0.4, 0.5) is 10.5 Å². The molecule has 1 aromatic rings. The predicted octanol–water partition coefficient (Wildman–Crippen LogP) is 3.78. The van der Waals surface area contributed by atoms with Crippen LogP contribution in [0.3, 0.4) is 0 Å². The maximum absolute atomic E-state index is 12.0. The number of carbonyl (C=O) groups excluding carboxylic acids is 2. The minimum absolute atomic E-state index is 0.127. The van der Waals surface area contributed by atoms with Crippen LogP contribution in [0.5, 0.6) is 0 Å². The summed E-state index contributed by atoms with van der Waals surface area (Å²) in [5, 5.41) is 4.06. The van der Waals surface area contributed by atoms with Crippen molar-refractivity contribution in [2.75, 3.05) is 11.1 Å². The molecule has 1 fully saturated rings. The van der Waals surface area contributed by atoms with Gasteiger partial charge in [0.05, 0.1) is 10.8 Å². The molecule has 3 rings (SSSR count). The number of benzene rings is 1. The zero-order valence-corrected chi connectivity index (χ0v) is 13.3.